The first-order chi connectivity index (χ1) is 24.5. The van der Waals surface area contributed by atoms with E-state index in [9.17, 15) is 24.0 Å². The lowest BCUT2D eigenvalue weighted by molar-refractivity contribution is -0.165. The molecule has 2 heterocycles. The molecular formula is C37H50Cl3N5O8. The van der Waals surface area contributed by atoms with Crippen molar-refractivity contribution >= 4 is 81.6 Å². The number of carbonyl (C=O) groups is 5. The van der Waals surface area contributed by atoms with Gasteiger partial charge in [0.05, 0.1) is 22.7 Å². The number of hydrogen-bond acceptors (Lipinski definition) is 10. The maximum Gasteiger partial charge on any atom is 0.408 e. The van der Waals surface area contributed by atoms with Gasteiger partial charge in [0.25, 0.3) is 11.8 Å². The average Bonchev–Trinajstić information content (AvgIpc) is 3.06. The highest BCUT2D eigenvalue weighted by molar-refractivity contribution is 6.67. The first kappa shape index (κ1) is 43.8. The lowest BCUT2D eigenvalue weighted by Gasteiger charge is -2.34. The number of benzene rings is 1. The van der Waals surface area contributed by atoms with Gasteiger partial charge in [0.15, 0.2) is 6.10 Å². The zero-order valence-electron chi connectivity index (χ0n) is 31.6. The average molecular weight is 799 g/mol. The number of hydrazine groups is 1. The van der Waals surface area contributed by atoms with Crippen LogP contribution in [-0.4, -0.2) is 80.6 Å². The molecule has 2 aromatic rings. The second-order valence-corrected chi connectivity index (χ2v) is 17.5. The molecule has 1 aliphatic rings. The summed E-state index contributed by atoms with van der Waals surface area (Å²) in [6.45, 7) is 15.3. The number of ether oxygens (including phenoxy) is 3. The van der Waals surface area contributed by atoms with Gasteiger partial charge in [-0.3, -0.25) is 29.2 Å². The maximum absolute atomic E-state index is 13.4. The molecule has 1 aliphatic heterocycles. The van der Waals surface area contributed by atoms with Gasteiger partial charge in [0, 0.05) is 11.9 Å². The van der Waals surface area contributed by atoms with E-state index in [-0.39, 0.29) is 6.54 Å². The van der Waals surface area contributed by atoms with Crippen LogP contribution in [0.5, 0.6) is 0 Å². The predicted molar refractivity (Wildman–Crippen MR) is 204 cm³/mol. The van der Waals surface area contributed by atoms with E-state index in [4.69, 9.17) is 54.0 Å². The number of fused-ring (bicyclic) bond motifs is 1. The summed E-state index contributed by atoms with van der Waals surface area (Å²) in [5.41, 5.74) is 3.17. The molecule has 13 nitrogen and oxygen atoms in total. The van der Waals surface area contributed by atoms with Crippen LogP contribution in [0.25, 0.3) is 17.0 Å². The van der Waals surface area contributed by atoms with Gasteiger partial charge < -0.3 is 24.8 Å². The monoisotopic (exact) mass is 797 g/mol. The van der Waals surface area contributed by atoms with Crippen molar-refractivity contribution in [1.82, 2.24) is 26.1 Å². The molecule has 53 heavy (non-hydrogen) atoms. The van der Waals surface area contributed by atoms with E-state index in [0.29, 0.717) is 24.1 Å². The van der Waals surface area contributed by atoms with Gasteiger partial charge in [-0.15, -0.1) is 0 Å². The Morgan fingerprint density at radius 1 is 1.00 bits per heavy atom. The molecule has 3 amide bonds. The second-order valence-electron chi connectivity index (χ2n) is 14.9. The van der Waals surface area contributed by atoms with Crippen LogP contribution in [0.3, 0.4) is 0 Å². The molecule has 1 saturated heterocycles. The highest BCUT2D eigenvalue weighted by Crippen LogP contribution is 2.27. The summed E-state index contributed by atoms with van der Waals surface area (Å²) in [6.07, 6.45) is 2.61. The van der Waals surface area contributed by atoms with Crippen LogP contribution in [0.15, 0.2) is 36.4 Å². The Morgan fingerprint density at radius 3 is 2.28 bits per heavy atom. The molecule has 16 heteroatoms. The Labute approximate surface area is 325 Å². The van der Waals surface area contributed by atoms with Crippen LogP contribution in [0, 0.1) is 11.3 Å². The fraction of sp³-hybridized carbons (Fsp3) is 0.568. The molecule has 0 spiro atoms. The summed E-state index contributed by atoms with van der Waals surface area (Å²) in [5.74, 6) is -2.88. The van der Waals surface area contributed by atoms with Gasteiger partial charge in [-0.25, -0.2) is 10.2 Å². The maximum atomic E-state index is 13.4. The number of pyridine rings is 1. The van der Waals surface area contributed by atoms with Crippen molar-refractivity contribution in [3.05, 3.63) is 47.7 Å². The minimum atomic E-state index is -1.77. The first-order valence-corrected chi connectivity index (χ1v) is 18.5. The molecule has 0 radical (unpaired) electrons. The van der Waals surface area contributed by atoms with E-state index < -0.39 is 81.4 Å². The Bertz CT molecular complexity index is 1690. The van der Waals surface area contributed by atoms with Gasteiger partial charge in [-0.1, -0.05) is 79.0 Å². The molecule has 0 saturated carbocycles. The lowest BCUT2D eigenvalue weighted by Crippen LogP contribution is -2.60. The third-order valence-corrected chi connectivity index (χ3v) is 8.40. The van der Waals surface area contributed by atoms with Crippen molar-refractivity contribution in [1.29, 1.82) is 0 Å². The number of esters is 2. The van der Waals surface area contributed by atoms with E-state index in [1.807, 2.05) is 37.3 Å². The quantitative estimate of drug-likeness (QED) is 0.125. The summed E-state index contributed by atoms with van der Waals surface area (Å²) < 4.78 is 14.4. The number of alkyl carbamates (subject to hydrolysis) is 1. The zero-order chi connectivity index (χ0) is 39.9. The zero-order valence-corrected chi connectivity index (χ0v) is 33.8. The topological polar surface area (TPSA) is 165 Å². The summed E-state index contributed by atoms with van der Waals surface area (Å²) >= 11 is 17.0. The molecule has 1 fully saturated rings. The van der Waals surface area contributed by atoms with Crippen molar-refractivity contribution < 1.29 is 38.2 Å². The number of rotatable bonds is 12. The molecular weight excluding hydrogens is 749 g/mol. The summed E-state index contributed by atoms with van der Waals surface area (Å²) in [7, 11) is 0. The van der Waals surface area contributed by atoms with Gasteiger partial charge in [0.2, 0.25) is 3.79 Å². The molecule has 292 valence electrons. The SMILES string of the molecule is CC(C)[C@H](OC(=O)C(C)(C)C=Cc1ccc2ccc([C@@H](C)NC(=O)OC(C)(C)C)nc2c1)C(=O)N[C@@H](C)C(=O)N1CCC[C@@H](C(=O)OCC(Cl)(Cl)Cl)N1. The van der Waals surface area contributed by atoms with Crippen molar-refractivity contribution in [2.45, 2.75) is 109 Å². The number of hydrogen-bond donors (Lipinski definition) is 3. The number of alkyl halides is 3. The molecule has 1 aromatic heterocycles. The van der Waals surface area contributed by atoms with Crippen molar-refractivity contribution in [3.63, 3.8) is 0 Å². The number of carbonyl (C=O) groups excluding carboxylic acids is 5. The van der Waals surface area contributed by atoms with E-state index in [2.05, 4.69) is 16.1 Å². The Kier molecular flexibility index (Phi) is 15.0. The van der Waals surface area contributed by atoms with E-state index in [0.717, 1.165) is 10.9 Å². The fourth-order valence-corrected chi connectivity index (χ4v) is 5.31. The number of aromatic nitrogens is 1. The molecule has 3 rings (SSSR count). The molecule has 1 aromatic carbocycles. The summed E-state index contributed by atoms with van der Waals surface area (Å²) in [6, 6.07) is 7.15. The Morgan fingerprint density at radius 2 is 1.66 bits per heavy atom. The van der Waals surface area contributed by atoms with Gasteiger partial charge in [-0.2, -0.15) is 0 Å². The van der Waals surface area contributed by atoms with E-state index in [1.165, 1.54) is 11.9 Å². The van der Waals surface area contributed by atoms with Crippen LogP contribution in [0.4, 0.5) is 4.79 Å². The number of nitrogens with one attached hydrogen (secondary N) is 3. The number of nitrogens with zero attached hydrogens (tertiary/aromatic N) is 2. The van der Waals surface area contributed by atoms with Crippen molar-refractivity contribution in [2.75, 3.05) is 13.2 Å². The Balaban J connectivity index is 1.63. The highest BCUT2D eigenvalue weighted by Gasteiger charge is 2.37. The van der Waals surface area contributed by atoms with Crippen LogP contribution >= 0.6 is 34.8 Å². The minimum Gasteiger partial charge on any atom is -0.460 e. The second kappa shape index (κ2) is 18.1. The molecule has 0 bridgehead atoms. The Hall–Kier alpha value is -3.65. The van der Waals surface area contributed by atoms with Gasteiger partial charge in [0.1, 0.15) is 24.3 Å². The van der Waals surface area contributed by atoms with Crippen molar-refractivity contribution in [2.24, 2.45) is 11.3 Å². The minimum absolute atomic E-state index is 0.287. The molecule has 4 atom stereocenters. The fourth-order valence-electron chi connectivity index (χ4n) is 5.14. The van der Waals surface area contributed by atoms with Crippen LogP contribution in [0.1, 0.15) is 92.5 Å². The van der Waals surface area contributed by atoms with Crippen LogP contribution in [0.2, 0.25) is 0 Å². The smallest absolute Gasteiger partial charge is 0.408 e. The highest BCUT2D eigenvalue weighted by atomic mass is 35.6. The van der Waals surface area contributed by atoms with Crippen LogP contribution in [-0.2, 0) is 33.4 Å². The van der Waals surface area contributed by atoms with Crippen LogP contribution < -0.4 is 16.1 Å². The van der Waals surface area contributed by atoms with Crippen molar-refractivity contribution in [3.8, 4) is 0 Å². The third-order valence-electron chi connectivity index (χ3n) is 8.08. The number of halogens is 3. The predicted octanol–water partition coefficient (Wildman–Crippen LogP) is 6.34. The first-order valence-electron chi connectivity index (χ1n) is 17.4. The summed E-state index contributed by atoms with van der Waals surface area (Å²) in [4.78, 5) is 69.4. The summed E-state index contributed by atoms with van der Waals surface area (Å²) in [5, 5.41) is 7.57. The van der Waals surface area contributed by atoms with E-state index >= 15 is 0 Å². The van der Waals surface area contributed by atoms with Gasteiger partial charge >= 0.3 is 18.0 Å². The third kappa shape index (κ3) is 13.6. The largest absolute Gasteiger partial charge is 0.460 e. The normalized spacial score (nSPS) is 17.2. The standard InChI is InChI=1S/C37H50Cl3N5O8/c1-21(2)29(30(46)41-23(4)31(47)45-18-10-11-27(44-45)32(48)51-20-37(38,39)40)52-33(49)36(8,9)17-16-24-12-13-25-14-15-26(43-28(25)19-24)22(3)42-34(50)53-35(5,6)7/h12-17,19,21-23,27,29,44H,10-11,18,20H2,1-9H3,(H,41,46)(H,42,50)/t22-,23+,27+,29+/m1/s1. The van der Waals surface area contributed by atoms with Gasteiger partial charge in [-0.05, 0) is 84.9 Å². The molecule has 3 N–H and O–H groups in total. The lowest BCUT2D eigenvalue weighted by atomic mass is 9.92. The van der Waals surface area contributed by atoms with E-state index in [1.54, 1.807) is 60.6 Å². The molecule has 0 unspecified atom stereocenters. The molecule has 0 aliphatic carbocycles. The number of amides is 3.